The average Bonchev–Trinajstić information content (AvgIpc) is 3.32. The van der Waals surface area contributed by atoms with Gasteiger partial charge in [0, 0.05) is 11.9 Å². The van der Waals surface area contributed by atoms with Gasteiger partial charge in [0.15, 0.2) is 0 Å². The van der Waals surface area contributed by atoms with Gasteiger partial charge in [-0.2, -0.15) is 9.36 Å². The Bertz CT molecular complexity index is 1260. The van der Waals surface area contributed by atoms with Gasteiger partial charge in [-0.05, 0) is 66.4 Å². The van der Waals surface area contributed by atoms with Crippen molar-refractivity contribution in [2.75, 3.05) is 6.54 Å². The molecule has 0 aliphatic heterocycles. The molecule has 148 valence electrons. The predicted octanol–water partition coefficient (Wildman–Crippen LogP) is 2.39. The molecule has 1 amide bonds. The topological polar surface area (TPSA) is 94.7 Å². The Labute approximate surface area is 170 Å². The summed E-state index contributed by atoms with van der Waals surface area (Å²) in [6, 6.07) is 9.61. The fourth-order valence-corrected chi connectivity index (χ4v) is 3.96. The smallest absolute Gasteiger partial charge is 0.350 e. The number of tetrazole rings is 1. The van der Waals surface area contributed by atoms with Crippen molar-refractivity contribution in [2.45, 2.75) is 27.3 Å². The maximum Gasteiger partial charge on any atom is 0.369 e. The fourth-order valence-electron chi connectivity index (χ4n) is 3.29. The molecule has 0 fully saturated rings. The van der Waals surface area contributed by atoms with Crippen LogP contribution < -0.4 is 11.0 Å². The summed E-state index contributed by atoms with van der Waals surface area (Å²) < 4.78 is 2.48. The molecular weight excluding hydrogens is 388 g/mol. The molecule has 29 heavy (non-hydrogen) atoms. The van der Waals surface area contributed by atoms with Gasteiger partial charge >= 0.3 is 5.69 Å². The fraction of sp³-hybridized carbons (Fsp3) is 0.250. The minimum absolute atomic E-state index is 0.227. The Kier molecular flexibility index (Phi) is 4.98. The van der Waals surface area contributed by atoms with E-state index in [0.717, 1.165) is 22.0 Å². The number of nitrogens with zero attached hydrogens (tertiary/aromatic N) is 5. The van der Waals surface area contributed by atoms with Gasteiger partial charge in [-0.3, -0.25) is 9.78 Å². The standard InChI is InChI=1S/C20H20N6O2S/c1-12-9-13(2)18-15(10-12)11-16(14(3)22-18)19(27)21-6-7-25-20(28)26(24-23-25)17-5-4-8-29-17/h4-5,8-11H,6-7H2,1-3H3,(H,21,27). The molecule has 3 heterocycles. The van der Waals surface area contributed by atoms with Gasteiger partial charge in [-0.1, -0.05) is 11.6 Å². The Morgan fingerprint density at radius 2 is 2.00 bits per heavy atom. The summed E-state index contributed by atoms with van der Waals surface area (Å²) in [4.78, 5) is 29.6. The molecule has 0 spiro atoms. The molecule has 0 radical (unpaired) electrons. The SMILES string of the molecule is Cc1cc(C)c2nc(C)c(C(=O)NCCn3nnn(-c4cccs4)c3=O)cc2c1. The highest BCUT2D eigenvalue weighted by Gasteiger charge is 2.14. The lowest BCUT2D eigenvalue weighted by molar-refractivity contribution is 0.0951. The summed E-state index contributed by atoms with van der Waals surface area (Å²) >= 11 is 1.40. The molecule has 1 aromatic carbocycles. The van der Waals surface area contributed by atoms with Crippen LogP contribution in [-0.4, -0.2) is 37.2 Å². The molecule has 0 atom stereocenters. The van der Waals surface area contributed by atoms with E-state index in [-0.39, 0.29) is 24.7 Å². The van der Waals surface area contributed by atoms with Crippen molar-refractivity contribution < 1.29 is 4.79 Å². The highest BCUT2D eigenvalue weighted by molar-refractivity contribution is 7.12. The third-order valence-corrected chi connectivity index (χ3v) is 5.50. The predicted molar refractivity (Wildman–Crippen MR) is 112 cm³/mol. The molecule has 0 saturated carbocycles. The van der Waals surface area contributed by atoms with E-state index in [1.165, 1.54) is 20.7 Å². The molecule has 4 aromatic rings. The number of fused-ring (bicyclic) bond motifs is 1. The number of carbonyl (C=O) groups is 1. The Balaban J connectivity index is 1.48. The number of rotatable bonds is 5. The molecule has 0 aliphatic rings. The van der Waals surface area contributed by atoms with Gasteiger partial charge in [0.25, 0.3) is 5.91 Å². The largest absolute Gasteiger partial charge is 0.369 e. The van der Waals surface area contributed by atoms with Crippen LogP contribution in [0.4, 0.5) is 0 Å². The molecule has 0 aliphatic carbocycles. The lowest BCUT2D eigenvalue weighted by Crippen LogP contribution is -2.32. The second-order valence-corrected chi connectivity index (χ2v) is 7.80. The maximum atomic E-state index is 12.7. The normalized spacial score (nSPS) is 11.1. The first-order chi connectivity index (χ1) is 13.9. The first kappa shape index (κ1) is 19.0. The van der Waals surface area contributed by atoms with Crippen molar-refractivity contribution in [3.8, 4) is 5.00 Å². The molecule has 4 rings (SSSR count). The van der Waals surface area contributed by atoms with E-state index in [0.29, 0.717) is 16.3 Å². The van der Waals surface area contributed by atoms with E-state index < -0.39 is 0 Å². The van der Waals surface area contributed by atoms with E-state index in [9.17, 15) is 9.59 Å². The summed E-state index contributed by atoms with van der Waals surface area (Å²) in [5.41, 5.74) is 3.97. The number of nitrogens with one attached hydrogen (secondary N) is 1. The molecular formula is C20H20N6O2S. The van der Waals surface area contributed by atoms with Crippen molar-refractivity contribution >= 4 is 28.1 Å². The Morgan fingerprint density at radius 1 is 1.17 bits per heavy atom. The van der Waals surface area contributed by atoms with Crippen LogP contribution in [0.1, 0.15) is 27.2 Å². The minimum atomic E-state index is -0.337. The first-order valence-corrected chi connectivity index (χ1v) is 10.1. The van der Waals surface area contributed by atoms with Crippen molar-refractivity contribution in [1.29, 1.82) is 0 Å². The summed E-state index contributed by atoms with van der Waals surface area (Å²) in [6.45, 7) is 6.35. The van der Waals surface area contributed by atoms with Crippen LogP contribution in [0.5, 0.6) is 0 Å². The second-order valence-electron chi connectivity index (χ2n) is 6.88. The van der Waals surface area contributed by atoms with Gasteiger partial charge in [-0.25, -0.2) is 4.79 Å². The van der Waals surface area contributed by atoms with E-state index in [2.05, 4.69) is 26.8 Å². The van der Waals surface area contributed by atoms with Crippen LogP contribution in [0.3, 0.4) is 0 Å². The van der Waals surface area contributed by atoms with Crippen LogP contribution in [-0.2, 0) is 6.54 Å². The summed E-state index contributed by atoms with van der Waals surface area (Å²) in [6.07, 6.45) is 0. The quantitative estimate of drug-likeness (QED) is 0.547. The molecule has 8 nitrogen and oxygen atoms in total. The zero-order valence-electron chi connectivity index (χ0n) is 16.3. The number of aryl methyl sites for hydroxylation is 3. The highest BCUT2D eigenvalue weighted by Crippen LogP contribution is 2.21. The molecule has 0 saturated heterocycles. The molecule has 9 heteroatoms. The average molecular weight is 408 g/mol. The summed E-state index contributed by atoms with van der Waals surface area (Å²) in [5.74, 6) is -0.227. The van der Waals surface area contributed by atoms with Gasteiger partial charge < -0.3 is 5.32 Å². The number of amides is 1. The molecule has 0 bridgehead atoms. The van der Waals surface area contributed by atoms with Crippen molar-refractivity contribution in [1.82, 2.24) is 30.1 Å². The number of thiophene rings is 1. The van der Waals surface area contributed by atoms with Crippen molar-refractivity contribution in [2.24, 2.45) is 0 Å². The van der Waals surface area contributed by atoms with Gasteiger partial charge in [0.05, 0.1) is 23.3 Å². The zero-order valence-corrected chi connectivity index (χ0v) is 17.2. The van der Waals surface area contributed by atoms with Crippen molar-refractivity contribution in [3.05, 3.63) is 68.6 Å². The molecule has 3 aromatic heterocycles. The van der Waals surface area contributed by atoms with Crippen LogP contribution in [0, 0.1) is 20.8 Å². The third-order valence-electron chi connectivity index (χ3n) is 4.65. The lowest BCUT2D eigenvalue weighted by atomic mass is 10.0. The molecule has 1 N–H and O–H groups in total. The Morgan fingerprint density at radius 3 is 2.76 bits per heavy atom. The molecule has 0 unspecified atom stereocenters. The minimum Gasteiger partial charge on any atom is -0.350 e. The number of benzene rings is 1. The Hall–Kier alpha value is -3.33. The van der Waals surface area contributed by atoms with Gasteiger partial charge in [0.2, 0.25) is 0 Å². The summed E-state index contributed by atoms with van der Waals surface area (Å²) in [5, 5.41) is 14.1. The van der Waals surface area contributed by atoms with E-state index in [1.807, 2.05) is 44.4 Å². The number of hydrogen-bond donors (Lipinski definition) is 1. The third kappa shape index (κ3) is 3.68. The van der Waals surface area contributed by atoms with Gasteiger partial charge in [-0.15, -0.1) is 11.3 Å². The second kappa shape index (κ2) is 7.59. The van der Waals surface area contributed by atoms with Crippen LogP contribution in [0.2, 0.25) is 0 Å². The zero-order chi connectivity index (χ0) is 20.5. The van der Waals surface area contributed by atoms with Crippen LogP contribution >= 0.6 is 11.3 Å². The number of carbonyl (C=O) groups excluding carboxylic acids is 1. The number of hydrogen-bond acceptors (Lipinski definition) is 6. The first-order valence-electron chi connectivity index (χ1n) is 9.17. The highest BCUT2D eigenvalue weighted by atomic mass is 32.1. The monoisotopic (exact) mass is 408 g/mol. The van der Waals surface area contributed by atoms with E-state index >= 15 is 0 Å². The summed E-state index contributed by atoms with van der Waals surface area (Å²) in [7, 11) is 0. The number of pyridine rings is 1. The van der Waals surface area contributed by atoms with Crippen molar-refractivity contribution in [3.63, 3.8) is 0 Å². The van der Waals surface area contributed by atoms with E-state index in [1.54, 1.807) is 6.07 Å². The van der Waals surface area contributed by atoms with E-state index in [4.69, 9.17) is 0 Å². The number of aromatic nitrogens is 5. The van der Waals surface area contributed by atoms with Crippen LogP contribution in [0.25, 0.3) is 15.9 Å². The maximum absolute atomic E-state index is 12.7. The lowest BCUT2D eigenvalue weighted by Gasteiger charge is -2.10. The van der Waals surface area contributed by atoms with Gasteiger partial charge in [0.1, 0.15) is 5.00 Å². The van der Waals surface area contributed by atoms with Crippen LogP contribution in [0.15, 0.2) is 40.5 Å².